The van der Waals surface area contributed by atoms with Crippen LogP contribution in [0.15, 0.2) is 48.5 Å². The van der Waals surface area contributed by atoms with Gasteiger partial charge in [-0.3, -0.25) is 0 Å². The zero-order chi connectivity index (χ0) is 31.9. The number of hydrogen-bond donors (Lipinski definition) is 0. The van der Waals surface area contributed by atoms with Gasteiger partial charge < -0.3 is 0 Å². The Labute approximate surface area is 256 Å². The van der Waals surface area contributed by atoms with Crippen LogP contribution in [0.1, 0.15) is 182 Å². The first kappa shape index (κ1) is 45.4. The van der Waals surface area contributed by atoms with Crippen LogP contribution in [0.3, 0.4) is 0 Å². The van der Waals surface area contributed by atoms with E-state index in [1.165, 1.54) is 62.5 Å². The molecule has 40 heavy (non-hydrogen) atoms. The minimum absolute atomic E-state index is 0.840. The third-order valence-corrected chi connectivity index (χ3v) is 7.13. The molecule has 2 aromatic rings. The monoisotopic (exact) mass is 557 g/mol. The van der Waals surface area contributed by atoms with Crippen LogP contribution in [0.2, 0.25) is 0 Å². The number of benzene rings is 2. The zero-order valence-corrected chi connectivity index (χ0v) is 30.6. The predicted molar refractivity (Wildman–Crippen MR) is 191 cm³/mol. The Morgan fingerprint density at radius 2 is 0.550 bits per heavy atom. The molecule has 0 amide bonds. The molecule has 0 spiro atoms. The molecule has 2 fully saturated rings. The highest BCUT2D eigenvalue weighted by Crippen LogP contribution is 2.36. The molecule has 0 heteroatoms. The van der Waals surface area contributed by atoms with Gasteiger partial charge >= 0.3 is 0 Å². The van der Waals surface area contributed by atoms with E-state index in [0.29, 0.717) is 0 Å². The van der Waals surface area contributed by atoms with E-state index in [1.807, 2.05) is 83.1 Å². The summed E-state index contributed by atoms with van der Waals surface area (Å²) >= 11 is 0. The second-order valence-corrected chi connectivity index (χ2v) is 9.73. The molecule has 2 aliphatic carbocycles. The molecule has 0 aliphatic heterocycles. The maximum Gasteiger partial charge on any atom is -0.0162 e. The molecule has 2 aliphatic rings. The molecular formula is C40H76. The van der Waals surface area contributed by atoms with Gasteiger partial charge in [-0.1, -0.05) is 182 Å². The lowest BCUT2D eigenvalue weighted by Crippen LogP contribution is -2.10. The smallest absolute Gasteiger partial charge is 0.0162 e. The van der Waals surface area contributed by atoms with E-state index in [9.17, 15) is 0 Å². The van der Waals surface area contributed by atoms with Gasteiger partial charge in [-0.05, 0) is 74.3 Å². The van der Waals surface area contributed by atoms with Crippen molar-refractivity contribution >= 4 is 0 Å². The van der Waals surface area contributed by atoms with Crippen LogP contribution >= 0.6 is 0 Å². The lowest BCUT2D eigenvalue weighted by Gasteiger charge is -2.26. The second-order valence-electron chi connectivity index (χ2n) is 9.73. The van der Waals surface area contributed by atoms with E-state index in [-0.39, 0.29) is 0 Å². The standard InChI is InChI=1S/2C14H20.6C2H6/c2*1-11-3-7-13(8-4-11)14-9-5-12(2)6-10-14;6*1-2/h2*3-4,7-8,12,14H,5-6,9-10H2,1-2H3;6*1-2H3. The van der Waals surface area contributed by atoms with Crippen molar-refractivity contribution in [3.63, 3.8) is 0 Å². The maximum absolute atomic E-state index is 2.38. The topological polar surface area (TPSA) is 0 Å². The largest absolute Gasteiger partial charge is 0.0683 e. The van der Waals surface area contributed by atoms with Crippen LogP contribution in [0, 0.1) is 25.7 Å². The Balaban J connectivity index is -0.000000236. The summed E-state index contributed by atoms with van der Waals surface area (Å²) in [5.74, 6) is 3.59. The molecule has 0 atom stereocenters. The van der Waals surface area contributed by atoms with Crippen LogP contribution in [0.25, 0.3) is 0 Å². The van der Waals surface area contributed by atoms with Crippen molar-refractivity contribution in [2.45, 2.75) is 174 Å². The lowest BCUT2D eigenvalue weighted by atomic mass is 9.79. The first-order chi connectivity index (χ1) is 19.5. The van der Waals surface area contributed by atoms with E-state index < -0.39 is 0 Å². The number of rotatable bonds is 2. The van der Waals surface area contributed by atoms with Crippen LogP contribution in [-0.2, 0) is 0 Å². The molecule has 0 nitrogen and oxygen atoms in total. The van der Waals surface area contributed by atoms with E-state index in [4.69, 9.17) is 0 Å². The van der Waals surface area contributed by atoms with Crippen molar-refractivity contribution < 1.29 is 0 Å². The number of aryl methyl sites for hydroxylation is 2. The van der Waals surface area contributed by atoms with Gasteiger partial charge in [-0.15, -0.1) is 0 Å². The van der Waals surface area contributed by atoms with Gasteiger partial charge in [0.25, 0.3) is 0 Å². The average molecular weight is 557 g/mol. The van der Waals surface area contributed by atoms with Gasteiger partial charge in [0.05, 0.1) is 0 Å². The number of hydrogen-bond acceptors (Lipinski definition) is 0. The first-order valence-corrected chi connectivity index (χ1v) is 17.6. The summed E-state index contributed by atoms with van der Waals surface area (Å²) < 4.78 is 0. The van der Waals surface area contributed by atoms with Crippen molar-refractivity contribution in [1.29, 1.82) is 0 Å². The first-order valence-electron chi connectivity index (χ1n) is 17.6. The van der Waals surface area contributed by atoms with Gasteiger partial charge in [0.2, 0.25) is 0 Å². The minimum Gasteiger partial charge on any atom is -0.0683 e. The molecular weight excluding hydrogens is 480 g/mol. The fourth-order valence-corrected chi connectivity index (χ4v) is 4.86. The molecule has 0 unspecified atom stereocenters. The molecule has 236 valence electrons. The maximum atomic E-state index is 2.38. The van der Waals surface area contributed by atoms with Gasteiger partial charge in [0, 0.05) is 0 Å². The predicted octanol–water partition coefficient (Wildman–Crippen LogP) is 14.7. The molecule has 0 aromatic heterocycles. The fourth-order valence-electron chi connectivity index (χ4n) is 4.86. The third kappa shape index (κ3) is 21.2. The van der Waals surface area contributed by atoms with Crippen molar-refractivity contribution in [1.82, 2.24) is 0 Å². The molecule has 0 N–H and O–H groups in total. The molecule has 0 radical (unpaired) electrons. The Morgan fingerprint density at radius 3 is 0.750 bits per heavy atom. The summed E-state index contributed by atoms with van der Waals surface area (Å²) in [6, 6.07) is 18.2. The Bertz CT molecular complexity index is 614. The third-order valence-electron chi connectivity index (χ3n) is 7.13. The Hall–Kier alpha value is -1.56. The molecule has 2 aromatic carbocycles. The van der Waals surface area contributed by atoms with Crippen LogP contribution in [0.5, 0.6) is 0 Å². The van der Waals surface area contributed by atoms with Gasteiger partial charge in [0.15, 0.2) is 0 Å². The van der Waals surface area contributed by atoms with Crippen molar-refractivity contribution in [3.8, 4) is 0 Å². The quantitative estimate of drug-likeness (QED) is 0.345. The second kappa shape index (κ2) is 33.6. The van der Waals surface area contributed by atoms with Crippen molar-refractivity contribution in [2.24, 2.45) is 11.8 Å². The highest BCUT2D eigenvalue weighted by molar-refractivity contribution is 5.25. The molecule has 0 heterocycles. The van der Waals surface area contributed by atoms with E-state index in [0.717, 1.165) is 23.7 Å². The summed E-state index contributed by atoms with van der Waals surface area (Å²) in [5.41, 5.74) is 5.86. The van der Waals surface area contributed by atoms with Crippen LogP contribution in [-0.4, -0.2) is 0 Å². The van der Waals surface area contributed by atoms with E-state index >= 15 is 0 Å². The van der Waals surface area contributed by atoms with Gasteiger partial charge in [0.1, 0.15) is 0 Å². The molecule has 0 bridgehead atoms. The minimum atomic E-state index is 0.840. The Kier molecular flexibility index (Phi) is 38.2. The summed E-state index contributed by atoms with van der Waals surface area (Å²) in [4.78, 5) is 0. The fraction of sp³-hybridized carbons (Fsp3) is 0.700. The van der Waals surface area contributed by atoms with E-state index in [1.54, 1.807) is 11.1 Å². The van der Waals surface area contributed by atoms with Gasteiger partial charge in [-0.2, -0.15) is 0 Å². The normalized spacial score (nSPS) is 20.2. The van der Waals surface area contributed by atoms with E-state index in [2.05, 4.69) is 76.2 Å². The summed E-state index contributed by atoms with van der Waals surface area (Å²) in [7, 11) is 0. The van der Waals surface area contributed by atoms with Crippen LogP contribution < -0.4 is 0 Å². The highest BCUT2D eigenvalue weighted by atomic mass is 14.2. The Morgan fingerprint density at radius 1 is 0.350 bits per heavy atom. The molecule has 2 saturated carbocycles. The zero-order valence-electron chi connectivity index (χ0n) is 30.6. The highest BCUT2D eigenvalue weighted by Gasteiger charge is 2.20. The van der Waals surface area contributed by atoms with Crippen LogP contribution in [0.4, 0.5) is 0 Å². The molecule has 0 saturated heterocycles. The summed E-state index contributed by atoms with van der Waals surface area (Å²) in [6.07, 6.45) is 11.2. The molecule has 4 rings (SSSR count). The van der Waals surface area contributed by atoms with Gasteiger partial charge in [-0.25, -0.2) is 0 Å². The summed E-state index contributed by atoms with van der Waals surface area (Å²) in [5, 5.41) is 0. The van der Waals surface area contributed by atoms with Crippen molar-refractivity contribution in [2.75, 3.05) is 0 Å². The summed E-state index contributed by atoms with van der Waals surface area (Å²) in [6.45, 7) is 33.1. The lowest BCUT2D eigenvalue weighted by molar-refractivity contribution is 0.348. The average Bonchev–Trinajstić information content (AvgIpc) is 3.05. The SMILES string of the molecule is CC.CC.CC.CC.CC.CC.Cc1ccc(C2CCC(C)CC2)cc1.Cc1ccc(C2CCC(C)CC2)cc1. The van der Waals surface area contributed by atoms with Crippen molar-refractivity contribution in [3.05, 3.63) is 70.8 Å².